The lowest BCUT2D eigenvalue weighted by Crippen LogP contribution is -2.52. The highest BCUT2D eigenvalue weighted by Crippen LogP contribution is 2.46. The van der Waals surface area contributed by atoms with E-state index in [0.29, 0.717) is 49.5 Å². The zero-order chi connectivity index (χ0) is 28.5. The zero-order valence-electron chi connectivity index (χ0n) is 22.3. The number of hydrogen-bond donors (Lipinski definition) is 3. The van der Waals surface area contributed by atoms with Crippen molar-refractivity contribution in [1.82, 2.24) is 20.6 Å². The summed E-state index contributed by atoms with van der Waals surface area (Å²) in [6.07, 6.45) is 6.29. The maximum atomic E-state index is 13.5. The second kappa shape index (κ2) is 11.0. The van der Waals surface area contributed by atoms with Gasteiger partial charge in [0, 0.05) is 24.3 Å². The minimum atomic E-state index is -0.409. The number of hydrogen-bond acceptors (Lipinski definition) is 7. The lowest BCUT2D eigenvalue weighted by Gasteiger charge is -2.32. The van der Waals surface area contributed by atoms with Crippen LogP contribution in [-0.4, -0.2) is 39.9 Å². The predicted molar refractivity (Wildman–Crippen MR) is 158 cm³/mol. The number of amides is 4. The van der Waals surface area contributed by atoms with E-state index < -0.39 is 6.03 Å². The van der Waals surface area contributed by atoms with Gasteiger partial charge in [0.1, 0.15) is 15.5 Å². The van der Waals surface area contributed by atoms with E-state index in [1.807, 2.05) is 37.3 Å². The molecule has 3 N–H and O–H groups in total. The Morgan fingerprint density at radius 2 is 1.83 bits per heavy atom. The Kier molecular flexibility index (Phi) is 7.10. The van der Waals surface area contributed by atoms with Gasteiger partial charge >= 0.3 is 6.03 Å². The number of thiophene rings is 1. The van der Waals surface area contributed by atoms with Gasteiger partial charge in [0.25, 0.3) is 5.91 Å². The van der Waals surface area contributed by atoms with Crippen LogP contribution in [-0.2, 0) is 4.79 Å². The van der Waals surface area contributed by atoms with Crippen LogP contribution in [0.4, 0.5) is 21.9 Å². The highest BCUT2D eigenvalue weighted by atomic mass is 32.1. The molecule has 11 heteroatoms. The summed E-state index contributed by atoms with van der Waals surface area (Å²) in [4.78, 5) is 50.6. The SMILES string of the molecule is C=CC(=O)NC1CCCC[C@H]1NC(=O)c1sc2nccc3c2c1NC(=O)N3c1ccc(Oc2ccccc2)nc1C. The number of carbonyl (C=O) groups is 3. The number of aromatic nitrogens is 2. The Labute approximate surface area is 240 Å². The van der Waals surface area contributed by atoms with E-state index in [4.69, 9.17) is 4.74 Å². The molecule has 6 rings (SSSR count). The summed E-state index contributed by atoms with van der Waals surface area (Å²) < 4.78 is 5.86. The standard InChI is InChI=1S/C30H28N6O4S/c1-3-23(37)33-19-11-7-8-12-20(19)34-28(38)27-26-25-22(15-16-31-29(25)41-27)36(30(39)35-26)21-13-14-24(32-17(21)2)40-18-9-5-4-6-10-18/h3-6,9-10,13-16,19-20H,1,7-8,11-12H2,2H3,(H,33,37)(H,34,38)(H,35,39)/t19?,20-/m1/s1. The van der Waals surface area contributed by atoms with E-state index in [1.54, 1.807) is 29.3 Å². The zero-order valence-corrected chi connectivity index (χ0v) is 23.2. The lowest BCUT2D eigenvalue weighted by atomic mass is 9.90. The minimum Gasteiger partial charge on any atom is -0.439 e. The number of nitrogens with one attached hydrogen (secondary N) is 3. The van der Waals surface area contributed by atoms with E-state index in [9.17, 15) is 14.4 Å². The van der Waals surface area contributed by atoms with E-state index in [1.165, 1.54) is 17.4 Å². The van der Waals surface area contributed by atoms with E-state index in [2.05, 4.69) is 32.5 Å². The Bertz CT molecular complexity index is 1670. The molecule has 0 saturated heterocycles. The van der Waals surface area contributed by atoms with Gasteiger partial charge < -0.3 is 20.7 Å². The number of pyridine rings is 2. The highest BCUT2D eigenvalue weighted by Gasteiger charge is 2.35. The maximum Gasteiger partial charge on any atom is 0.331 e. The van der Waals surface area contributed by atoms with Crippen LogP contribution in [0.25, 0.3) is 10.2 Å². The summed E-state index contributed by atoms with van der Waals surface area (Å²) in [5.74, 6) is 0.497. The van der Waals surface area contributed by atoms with E-state index in [0.717, 1.165) is 25.7 Å². The second-order valence-electron chi connectivity index (χ2n) is 9.93. The summed E-state index contributed by atoms with van der Waals surface area (Å²) in [6.45, 7) is 5.34. The van der Waals surface area contributed by atoms with Gasteiger partial charge in [-0.05, 0) is 50.1 Å². The predicted octanol–water partition coefficient (Wildman–Crippen LogP) is 5.82. The fourth-order valence-electron chi connectivity index (χ4n) is 5.37. The number of anilines is 3. The molecule has 1 aliphatic heterocycles. The molecule has 1 aliphatic carbocycles. The first-order valence-electron chi connectivity index (χ1n) is 13.4. The molecule has 4 amide bonds. The number of benzene rings is 1. The van der Waals surface area contributed by atoms with Gasteiger partial charge in [-0.15, -0.1) is 11.3 Å². The number of carbonyl (C=O) groups excluding carboxylic acids is 3. The summed E-state index contributed by atoms with van der Waals surface area (Å²) in [7, 11) is 0. The molecule has 0 bridgehead atoms. The van der Waals surface area contributed by atoms with Gasteiger partial charge in [-0.25, -0.2) is 14.8 Å². The fraction of sp³-hybridized carbons (Fsp3) is 0.233. The molecule has 1 fully saturated rings. The normalized spacial score (nSPS) is 18.0. The Hall–Kier alpha value is -4.77. The molecule has 10 nitrogen and oxygen atoms in total. The van der Waals surface area contributed by atoms with Gasteiger partial charge in [-0.3, -0.25) is 14.5 Å². The van der Waals surface area contributed by atoms with Crippen molar-refractivity contribution in [2.24, 2.45) is 0 Å². The molecule has 4 aromatic rings. The average molecular weight is 569 g/mol. The van der Waals surface area contributed by atoms with Crippen molar-refractivity contribution in [2.75, 3.05) is 10.2 Å². The monoisotopic (exact) mass is 568 g/mol. The van der Waals surface area contributed by atoms with Crippen LogP contribution < -0.4 is 25.6 Å². The molecule has 0 spiro atoms. The fourth-order valence-corrected chi connectivity index (χ4v) is 6.39. The first kappa shape index (κ1) is 26.5. The van der Waals surface area contributed by atoms with Crippen LogP contribution in [0.5, 0.6) is 11.6 Å². The molecule has 0 radical (unpaired) electrons. The molecular weight excluding hydrogens is 540 g/mol. The van der Waals surface area contributed by atoms with Crippen LogP contribution in [0, 0.1) is 6.92 Å². The molecule has 3 aromatic heterocycles. The molecule has 1 unspecified atom stereocenters. The summed E-state index contributed by atoms with van der Waals surface area (Å²) >= 11 is 1.22. The third-order valence-electron chi connectivity index (χ3n) is 7.29. The maximum absolute atomic E-state index is 13.5. The summed E-state index contributed by atoms with van der Waals surface area (Å²) in [5, 5.41) is 9.64. The number of aryl methyl sites for hydroxylation is 1. The quantitative estimate of drug-likeness (QED) is 0.241. The van der Waals surface area contributed by atoms with Crippen molar-refractivity contribution >= 4 is 56.5 Å². The van der Waals surface area contributed by atoms with Gasteiger partial charge in [0.2, 0.25) is 11.8 Å². The van der Waals surface area contributed by atoms with Crippen molar-refractivity contribution in [2.45, 2.75) is 44.7 Å². The van der Waals surface area contributed by atoms with Crippen molar-refractivity contribution in [1.29, 1.82) is 0 Å². The van der Waals surface area contributed by atoms with Gasteiger partial charge in [-0.2, -0.15) is 0 Å². The number of nitrogens with zero attached hydrogens (tertiary/aromatic N) is 3. The smallest absolute Gasteiger partial charge is 0.331 e. The molecule has 2 aliphatic rings. The molecule has 208 valence electrons. The largest absolute Gasteiger partial charge is 0.439 e. The number of para-hydroxylation sites is 1. The number of ether oxygens (including phenoxy) is 1. The summed E-state index contributed by atoms with van der Waals surface area (Å²) in [6, 6.07) is 13.8. The first-order chi connectivity index (χ1) is 19.9. The Morgan fingerprint density at radius 1 is 1.07 bits per heavy atom. The van der Waals surface area contributed by atoms with Crippen molar-refractivity contribution < 1.29 is 19.1 Å². The van der Waals surface area contributed by atoms with Crippen LogP contribution >= 0.6 is 11.3 Å². The van der Waals surface area contributed by atoms with Gasteiger partial charge in [0.15, 0.2) is 0 Å². The minimum absolute atomic E-state index is 0.188. The van der Waals surface area contributed by atoms with Crippen LogP contribution in [0.3, 0.4) is 0 Å². The third kappa shape index (κ3) is 5.11. The first-order valence-corrected chi connectivity index (χ1v) is 14.2. The second-order valence-corrected chi connectivity index (χ2v) is 10.9. The molecule has 1 saturated carbocycles. The van der Waals surface area contributed by atoms with E-state index >= 15 is 0 Å². The van der Waals surface area contributed by atoms with Crippen LogP contribution in [0.15, 0.2) is 67.4 Å². The molecule has 41 heavy (non-hydrogen) atoms. The Balaban J connectivity index is 1.30. The topological polar surface area (TPSA) is 126 Å². The number of urea groups is 1. The van der Waals surface area contributed by atoms with Crippen LogP contribution in [0.1, 0.15) is 41.0 Å². The average Bonchev–Trinajstić information content (AvgIpc) is 3.35. The van der Waals surface area contributed by atoms with Gasteiger partial charge in [-0.1, -0.05) is 37.6 Å². The lowest BCUT2D eigenvalue weighted by molar-refractivity contribution is -0.117. The molecule has 4 heterocycles. The molecular formula is C30H28N6O4S. The molecule has 2 atom stereocenters. The van der Waals surface area contributed by atoms with E-state index in [-0.39, 0.29) is 23.9 Å². The van der Waals surface area contributed by atoms with Crippen molar-refractivity contribution in [3.05, 3.63) is 78.0 Å². The van der Waals surface area contributed by atoms with Crippen molar-refractivity contribution in [3.8, 4) is 11.6 Å². The third-order valence-corrected chi connectivity index (χ3v) is 8.38. The van der Waals surface area contributed by atoms with Gasteiger partial charge in [0.05, 0.1) is 28.1 Å². The molecule has 1 aromatic carbocycles. The Morgan fingerprint density at radius 3 is 2.56 bits per heavy atom. The highest BCUT2D eigenvalue weighted by molar-refractivity contribution is 7.21. The van der Waals surface area contributed by atoms with Crippen molar-refractivity contribution in [3.63, 3.8) is 0 Å². The van der Waals surface area contributed by atoms with Crippen LogP contribution in [0.2, 0.25) is 0 Å². The number of rotatable bonds is 7. The summed E-state index contributed by atoms with van der Waals surface area (Å²) in [5.41, 5.74) is 2.23.